The second kappa shape index (κ2) is 6.06. The van der Waals surface area contributed by atoms with E-state index >= 15 is 0 Å². The van der Waals surface area contributed by atoms with Crippen LogP contribution in [0.25, 0.3) is 0 Å². The molecule has 0 radical (unpaired) electrons. The topological polar surface area (TPSA) is 74.8 Å². The lowest BCUT2D eigenvalue weighted by atomic mass is 10.1. The fourth-order valence-corrected chi connectivity index (χ4v) is 2.29. The number of ketones is 1. The van der Waals surface area contributed by atoms with Gasteiger partial charge in [-0.25, -0.2) is 9.69 Å². The number of Topliss-reactive ketones (excluding diaryl/α,β-unsaturated/α-hetero) is 1. The van der Waals surface area contributed by atoms with Gasteiger partial charge in [-0.15, -0.1) is 0 Å². The van der Waals surface area contributed by atoms with Crippen LogP contribution in [0.3, 0.4) is 0 Å². The molecule has 24 heavy (non-hydrogen) atoms. The van der Waals surface area contributed by atoms with Crippen molar-refractivity contribution in [1.29, 1.82) is 0 Å². The van der Waals surface area contributed by atoms with Gasteiger partial charge in [0.25, 0.3) is 0 Å². The van der Waals surface area contributed by atoms with E-state index < -0.39 is 48.0 Å². The molecular formula is C15H13F3N2O4. The molecule has 4 amide bonds. The van der Waals surface area contributed by atoms with E-state index in [-0.39, 0.29) is 5.56 Å². The number of urea groups is 1. The standard InChI is InChI=1S/C15H13F3N2O4/c1-8(9(2)21)20-13(23)12(22)19(14(20)24)7-10-5-3-4-6-11(10)15(16,17)18/h3-6,8H,7H2,1-2H3. The lowest BCUT2D eigenvalue weighted by molar-refractivity contribution is -0.145. The smallest absolute Gasteiger partial charge is 0.298 e. The summed E-state index contributed by atoms with van der Waals surface area (Å²) in [7, 11) is 0. The van der Waals surface area contributed by atoms with E-state index in [4.69, 9.17) is 0 Å². The van der Waals surface area contributed by atoms with E-state index in [1.54, 1.807) is 0 Å². The predicted octanol–water partition coefficient (Wildman–Crippen LogP) is 1.97. The quantitative estimate of drug-likeness (QED) is 0.619. The van der Waals surface area contributed by atoms with Crippen molar-refractivity contribution >= 4 is 23.6 Å². The Kier molecular flexibility index (Phi) is 4.46. The molecule has 1 aliphatic rings. The molecule has 1 fully saturated rings. The van der Waals surface area contributed by atoms with Crippen LogP contribution in [-0.2, 0) is 27.1 Å². The van der Waals surface area contributed by atoms with Crippen molar-refractivity contribution in [3.63, 3.8) is 0 Å². The molecule has 0 saturated carbocycles. The summed E-state index contributed by atoms with van der Waals surface area (Å²) in [6, 6.07) is 2.16. The van der Waals surface area contributed by atoms with Gasteiger partial charge in [-0.1, -0.05) is 18.2 Å². The number of carbonyl (C=O) groups is 4. The summed E-state index contributed by atoms with van der Waals surface area (Å²) in [6.07, 6.45) is -4.67. The Bertz CT molecular complexity index is 730. The maximum atomic E-state index is 13.0. The van der Waals surface area contributed by atoms with Gasteiger partial charge in [0, 0.05) is 0 Å². The first-order chi connectivity index (χ1) is 11.1. The van der Waals surface area contributed by atoms with Crippen molar-refractivity contribution in [2.45, 2.75) is 32.6 Å². The van der Waals surface area contributed by atoms with Gasteiger partial charge in [-0.2, -0.15) is 13.2 Å². The molecule has 1 saturated heterocycles. The minimum Gasteiger partial charge on any atom is -0.298 e. The number of alkyl halides is 3. The summed E-state index contributed by atoms with van der Waals surface area (Å²) in [5.74, 6) is -3.01. The Hall–Kier alpha value is -2.71. The molecule has 6 nitrogen and oxygen atoms in total. The van der Waals surface area contributed by atoms with E-state index in [0.29, 0.717) is 9.80 Å². The molecule has 0 aromatic heterocycles. The van der Waals surface area contributed by atoms with Crippen molar-refractivity contribution < 1.29 is 32.3 Å². The average molecular weight is 342 g/mol. The van der Waals surface area contributed by atoms with Gasteiger partial charge >= 0.3 is 24.0 Å². The van der Waals surface area contributed by atoms with Gasteiger partial charge in [0.15, 0.2) is 5.78 Å². The van der Waals surface area contributed by atoms with Crippen LogP contribution in [-0.4, -0.2) is 39.5 Å². The van der Waals surface area contributed by atoms with Gasteiger partial charge < -0.3 is 0 Å². The van der Waals surface area contributed by atoms with Gasteiger partial charge in [0.05, 0.1) is 18.2 Å². The molecule has 0 spiro atoms. The third-order valence-corrected chi connectivity index (χ3v) is 3.71. The Morgan fingerprint density at radius 3 is 2.25 bits per heavy atom. The molecule has 1 aliphatic heterocycles. The van der Waals surface area contributed by atoms with Crippen molar-refractivity contribution in [1.82, 2.24) is 9.80 Å². The summed E-state index contributed by atoms with van der Waals surface area (Å²) in [6.45, 7) is 1.69. The first kappa shape index (κ1) is 17.6. The highest BCUT2D eigenvalue weighted by atomic mass is 19.4. The van der Waals surface area contributed by atoms with E-state index in [2.05, 4.69) is 0 Å². The lowest BCUT2D eigenvalue weighted by Gasteiger charge is -2.20. The molecular weight excluding hydrogens is 329 g/mol. The van der Waals surface area contributed by atoms with Gasteiger partial charge in [-0.05, 0) is 25.5 Å². The number of halogens is 3. The first-order valence-electron chi connectivity index (χ1n) is 6.90. The molecule has 9 heteroatoms. The summed E-state index contributed by atoms with van der Waals surface area (Å²) in [4.78, 5) is 48.3. The highest BCUT2D eigenvalue weighted by Gasteiger charge is 2.48. The highest BCUT2D eigenvalue weighted by Crippen LogP contribution is 2.33. The average Bonchev–Trinajstić information content (AvgIpc) is 2.70. The van der Waals surface area contributed by atoms with Crippen LogP contribution in [0.4, 0.5) is 18.0 Å². The second-order valence-electron chi connectivity index (χ2n) is 5.29. The number of nitrogens with zero attached hydrogens (tertiary/aromatic N) is 2. The van der Waals surface area contributed by atoms with E-state index in [9.17, 15) is 32.3 Å². The minimum absolute atomic E-state index is 0.322. The van der Waals surface area contributed by atoms with Crippen molar-refractivity contribution in [2.24, 2.45) is 0 Å². The third-order valence-electron chi connectivity index (χ3n) is 3.71. The predicted molar refractivity (Wildman–Crippen MR) is 74.4 cm³/mol. The zero-order valence-electron chi connectivity index (χ0n) is 12.8. The van der Waals surface area contributed by atoms with Crippen LogP contribution in [0, 0.1) is 0 Å². The monoisotopic (exact) mass is 342 g/mol. The van der Waals surface area contributed by atoms with Crippen molar-refractivity contribution in [2.75, 3.05) is 0 Å². The largest absolute Gasteiger partial charge is 0.416 e. The highest BCUT2D eigenvalue weighted by molar-refractivity contribution is 6.45. The Labute approximate surface area is 134 Å². The summed E-state index contributed by atoms with van der Waals surface area (Å²) >= 11 is 0. The second-order valence-corrected chi connectivity index (χ2v) is 5.29. The van der Waals surface area contributed by atoms with Gasteiger partial charge in [0.1, 0.15) is 0 Å². The molecule has 1 atom stereocenters. The molecule has 1 aromatic rings. The van der Waals surface area contributed by atoms with E-state index in [0.717, 1.165) is 19.1 Å². The number of carbonyl (C=O) groups excluding carboxylic acids is 4. The third kappa shape index (κ3) is 3.01. The summed E-state index contributed by atoms with van der Waals surface area (Å²) in [5.41, 5.74) is -1.33. The number of imide groups is 2. The molecule has 2 rings (SSSR count). The lowest BCUT2D eigenvalue weighted by Crippen LogP contribution is -2.43. The Balaban J connectivity index is 2.35. The molecule has 128 valence electrons. The normalized spacial score (nSPS) is 16.8. The van der Waals surface area contributed by atoms with Crippen LogP contribution in [0.15, 0.2) is 24.3 Å². The van der Waals surface area contributed by atoms with Crippen LogP contribution in [0.5, 0.6) is 0 Å². The molecule has 0 bridgehead atoms. The molecule has 0 aliphatic carbocycles. The Morgan fingerprint density at radius 1 is 1.12 bits per heavy atom. The number of amides is 4. The van der Waals surface area contributed by atoms with Gasteiger partial charge in [0.2, 0.25) is 0 Å². The van der Waals surface area contributed by atoms with Gasteiger partial charge in [-0.3, -0.25) is 19.3 Å². The van der Waals surface area contributed by atoms with Crippen LogP contribution in [0.1, 0.15) is 25.0 Å². The zero-order chi connectivity index (χ0) is 18.2. The molecule has 1 unspecified atom stereocenters. The molecule has 1 aromatic carbocycles. The Morgan fingerprint density at radius 2 is 1.71 bits per heavy atom. The first-order valence-corrected chi connectivity index (χ1v) is 6.90. The maximum Gasteiger partial charge on any atom is 0.416 e. The SMILES string of the molecule is CC(=O)C(C)N1C(=O)C(=O)N(Cc2ccccc2C(F)(F)F)C1=O. The summed E-state index contributed by atoms with van der Waals surface area (Å²) < 4.78 is 39.0. The molecule has 1 heterocycles. The van der Waals surface area contributed by atoms with E-state index in [1.807, 2.05) is 0 Å². The zero-order valence-corrected chi connectivity index (χ0v) is 12.8. The summed E-state index contributed by atoms with van der Waals surface area (Å²) in [5, 5.41) is 0. The fourth-order valence-electron chi connectivity index (χ4n) is 2.29. The van der Waals surface area contributed by atoms with Crippen molar-refractivity contribution in [3.8, 4) is 0 Å². The number of hydrogen-bond donors (Lipinski definition) is 0. The maximum absolute atomic E-state index is 13.0. The number of hydrogen-bond acceptors (Lipinski definition) is 4. The minimum atomic E-state index is -4.67. The van der Waals surface area contributed by atoms with E-state index in [1.165, 1.54) is 19.1 Å². The molecule has 0 N–H and O–H groups in total. The van der Waals surface area contributed by atoms with Crippen LogP contribution < -0.4 is 0 Å². The van der Waals surface area contributed by atoms with Crippen molar-refractivity contribution in [3.05, 3.63) is 35.4 Å². The number of rotatable bonds is 4. The number of benzene rings is 1. The van der Waals surface area contributed by atoms with Crippen LogP contribution in [0.2, 0.25) is 0 Å². The fraction of sp³-hybridized carbons (Fsp3) is 0.333. The van der Waals surface area contributed by atoms with Crippen LogP contribution >= 0.6 is 0 Å².